The fourth-order valence-corrected chi connectivity index (χ4v) is 3.44. The molecule has 0 spiro atoms. The summed E-state index contributed by atoms with van der Waals surface area (Å²) in [4.78, 5) is 24.0. The number of carbonyl (C=O) groups is 2. The molecule has 0 saturated heterocycles. The summed E-state index contributed by atoms with van der Waals surface area (Å²) in [5, 5.41) is 5.58. The summed E-state index contributed by atoms with van der Waals surface area (Å²) >= 11 is 0. The van der Waals surface area contributed by atoms with Gasteiger partial charge in [0.2, 0.25) is 0 Å². The minimum absolute atomic E-state index is 0.126. The van der Waals surface area contributed by atoms with Crippen molar-refractivity contribution in [3.63, 3.8) is 0 Å². The van der Waals surface area contributed by atoms with Crippen LogP contribution in [-0.4, -0.2) is 17.9 Å². The van der Waals surface area contributed by atoms with E-state index in [1.54, 1.807) is 0 Å². The number of amides is 2. The topological polar surface area (TPSA) is 58.2 Å². The molecule has 0 radical (unpaired) electrons. The highest BCUT2D eigenvalue weighted by Gasteiger charge is 2.30. The van der Waals surface area contributed by atoms with Crippen LogP contribution in [0.5, 0.6) is 0 Å². The number of aryl methyl sites for hydroxylation is 1. The Morgan fingerprint density at radius 3 is 2.33 bits per heavy atom. The standard InChI is InChI=1S/C20H30N2O2/c1-14-6-5-7-15(12-14)13-21-18(23)19(24)22-17-10-8-16(9-11-17)20(2,3)4/h5-7,12,16-17H,8-11,13H2,1-4H3,(H,21,23)(H,22,24). The van der Waals surface area contributed by atoms with E-state index >= 15 is 0 Å². The zero-order valence-corrected chi connectivity index (χ0v) is 15.3. The molecular weight excluding hydrogens is 300 g/mol. The second kappa shape index (κ2) is 7.82. The van der Waals surface area contributed by atoms with Crippen LogP contribution in [0.25, 0.3) is 0 Å². The maximum absolute atomic E-state index is 12.1. The van der Waals surface area contributed by atoms with Crippen molar-refractivity contribution in [2.24, 2.45) is 11.3 Å². The van der Waals surface area contributed by atoms with Gasteiger partial charge >= 0.3 is 11.8 Å². The predicted octanol–water partition coefficient (Wildman–Crippen LogP) is 3.33. The number of carbonyl (C=O) groups excluding carboxylic acids is 2. The van der Waals surface area contributed by atoms with Crippen LogP contribution in [0, 0.1) is 18.3 Å². The molecule has 0 aliphatic heterocycles. The molecule has 0 bridgehead atoms. The van der Waals surface area contributed by atoms with Gasteiger partial charge in [0.25, 0.3) is 0 Å². The van der Waals surface area contributed by atoms with Crippen LogP contribution in [0.2, 0.25) is 0 Å². The Labute approximate surface area is 145 Å². The van der Waals surface area contributed by atoms with E-state index in [1.165, 1.54) is 0 Å². The van der Waals surface area contributed by atoms with Crippen molar-refractivity contribution >= 4 is 11.8 Å². The summed E-state index contributed by atoms with van der Waals surface area (Å²) in [6, 6.07) is 8.03. The van der Waals surface area contributed by atoms with Crippen LogP contribution in [0.4, 0.5) is 0 Å². The molecule has 4 nitrogen and oxygen atoms in total. The summed E-state index contributed by atoms with van der Waals surface area (Å²) in [5.74, 6) is -0.364. The van der Waals surface area contributed by atoms with E-state index in [-0.39, 0.29) is 6.04 Å². The maximum atomic E-state index is 12.1. The number of rotatable bonds is 3. The fraction of sp³-hybridized carbons (Fsp3) is 0.600. The molecule has 1 aliphatic rings. The second-order valence-electron chi connectivity index (χ2n) is 8.06. The highest BCUT2D eigenvalue weighted by molar-refractivity contribution is 6.35. The molecule has 0 heterocycles. The largest absolute Gasteiger partial charge is 0.345 e. The molecule has 4 heteroatoms. The molecule has 0 unspecified atom stereocenters. The smallest absolute Gasteiger partial charge is 0.309 e. The van der Waals surface area contributed by atoms with Gasteiger partial charge in [0.1, 0.15) is 0 Å². The lowest BCUT2D eigenvalue weighted by Crippen LogP contribution is -2.46. The van der Waals surface area contributed by atoms with Crippen molar-refractivity contribution in [2.75, 3.05) is 0 Å². The van der Waals surface area contributed by atoms with Crippen LogP contribution >= 0.6 is 0 Å². The Morgan fingerprint density at radius 1 is 1.08 bits per heavy atom. The average molecular weight is 330 g/mol. The lowest BCUT2D eigenvalue weighted by atomic mass is 9.71. The summed E-state index contributed by atoms with van der Waals surface area (Å²) in [7, 11) is 0. The van der Waals surface area contributed by atoms with Gasteiger partial charge in [0.05, 0.1) is 0 Å². The Hall–Kier alpha value is -1.84. The quantitative estimate of drug-likeness (QED) is 0.835. The first-order valence-electron chi connectivity index (χ1n) is 8.90. The minimum Gasteiger partial charge on any atom is -0.345 e. The van der Waals surface area contributed by atoms with Gasteiger partial charge in [0, 0.05) is 12.6 Å². The van der Waals surface area contributed by atoms with Crippen molar-refractivity contribution in [3.05, 3.63) is 35.4 Å². The molecule has 1 aromatic carbocycles. The Kier molecular flexibility index (Phi) is 6.03. The van der Waals surface area contributed by atoms with Crippen LogP contribution in [0.1, 0.15) is 57.6 Å². The zero-order valence-electron chi connectivity index (χ0n) is 15.3. The molecule has 24 heavy (non-hydrogen) atoms. The molecule has 2 amide bonds. The molecule has 1 aliphatic carbocycles. The molecule has 2 N–H and O–H groups in total. The third kappa shape index (κ3) is 5.36. The van der Waals surface area contributed by atoms with Crippen molar-refractivity contribution < 1.29 is 9.59 Å². The summed E-state index contributed by atoms with van der Waals surface area (Å²) < 4.78 is 0. The summed E-state index contributed by atoms with van der Waals surface area (Å²) in [5.41, 5.74) is 2.46. The number of hydrogen-bond donors (Lipinski definition) is 2. The monoisotopic (exact) mass is 330 g/mol. The third-order valence-electron chi connectivity index (χ3n) is 5.03. The van der Waals surface area contributed by atoms with Gasteiger partial charge in [-0.1, -0.05) is 50.6 Å². The van der Waals surface area contributed by atoms with E-state index in [0.29, 0.717) is 17.9 Å². The molecular formula is C20H30N2O2. The van der Waals surface area contributed by atoms with Crippen LogP contribution in [0.3, 0.4) is 0 Å². The third-order valence-corrected chi connectivity index (χ3v) is 5.03. The number of hydrogen-bond acceptors (Lipinski definition) is 2. The van der Waals surface area contributed by atoms with Gasteiger partial charge < -0.3 is 10.6 Å². The van der Waals surface area contributed by atoms with Crippen molar-refractivity contribution in [3.8, 4) is 0 Å². The highest BCUT2D eigenvalue weighted by Crippen LogP contribution is 2.37. The van der Waals surface area contributed by atoms with Crippen molar-refractivity contribution in [1.29, 1.82) is 0 Å². The van der Waals surface area contributed by atoms with E-state index in [2.05, 4.69) is 31.4 Å². The van der Waals surface area contributed by atoms with Gasteiger partial charge in [-0.2, -0.15) is 0 Å². The molecule has 0 aromatic heterocycles. The number of benzene rings is 1. The fourth-order valence-electron chi connectivity index (χ4n) is 3.44. The average Bonchev–Trinajstić information content (AvgIpc) is 2.52. The SMILES string of the molecule is Cc1cccc(CNC(=O)C(=O)NC2CCC(C(C)(C)C)CC2)c1. The number of nitrogens with one attached hydrogen (secondary N) is 2. The molecule has 1 aromatic rings. The van der Waals surface area contributed by atoms with Crippen LogP contribution in [-0.2, 0) is 16.1 Å². The Morgan fingerprint density at radius 2 is 1.75 bits per heavy atom. The Bertz CT molecular complexity index is 582. The molecule has 132 valence electrons. The zero-order chi connectivity index (χ0) is 17.7. The van der Waals surface area contributed by atoms with Gasteiger partial charge in [-0.15, -0.1) is 0 Å². The lowest BCUT2D eigenvalue weighted by molar-refractivity contribution is -0.139. The van der Waals surface area contributed by atoms with Crippen LogP contribution < -0.4 is 10.6 Å². The van der Waals surface area contributed by atoms with Gasteiger partial charge in [-0.25, -0.2) is 0 Å². The molecule has 2 rings (SSSR count). The first-order valence-corrected chi connectivity index (χ1v) is 8.90. The van der Waals surface area contributed by atoms with Crippen LogP contribution in [0.15, 0.2) is 24.3 Å². The van der Waals surface area contributed by atoms with Gasteiger partial charge in [-0.3, -0.25) is 9.59 Å². The normalized spacial score (nSPS) is 21.2. The molecule has 1 saturated carbocycles. The predicted molar refractivity (Wildman–Crippen MR) is 96.4 cm³/mol. The first-order chi connectivity index (χ1) is 11.3. The van der Waals surface area contributed by atoms with E-state index < -0.39 is 11.8 Å². The van der Waals surface area contributed by atoms with Gasteiger partial charge in [-0.05, 0) is 49.5 Å². The molecule has 1 fully saturated rings. The Balaban J connectivity index is 1.75. The van der Waals surface area contributed by atoms with E-state index in [4.69, 9.17) is 0 Å². The first kappa shape index (κ1) is 18.5. The van der Waals surface area contributed by atoms with Gasteiger partial charge in [0.15, 0.2) is 0 Å². The lowest BCUT2D eigenvalue weighted by Gasteiger charge is -2.37. The van der Waals surface area contributed by atoms with E-state index in [9.17, 15) is 9.59 Å². The summed E-state index contributed by atoms with van der Waals surface area (Å²) in [6.07, 6.45) is 4.14. The van der Waals surface area contributed by atoms with E-state index in [1.807, 2.05) is 31.2 Å². The maximum Gasteiger partial charge on any atom is 0.309 e. The second-order valence-corrected chi connectivity index (χ2v) is 8.06. The van der Waals surface area contributed by atoms with Crippen molar-refractivity contribution in [2.45, 2.75) is 66.0 Å². The highest BCUT2D eigenvalue weighted by atomic mass is 16.2. The molecule has 0 atom stereocenters. The van der Waals surface area contributed by atoms with E-state index in [0.717, 1.165) is 36.8 Å². The summed E-state index contributed by atoms with van der Waals surface area (Å²) in [6.45, 7) is 9.20. The minimum atomic E-state index is -0.547. The van der Waals surface area contributed by atoms with Crippen molar-refractivity contribution in [1.82, 2.24) is 10.6 Å².